The van der Waals surface area contributed by atoms with Gasteiger partial charge in [-0.25, -0.2) is 0 Å². The highest BCUT2D eigenvalue weighted by Gasteiger charge is 2.08. The Morgan fingerprint density at radius 2 is 2.15 bits per heavy atom. The number of hydrogen-bond donors (Lipinski definition) is 2. The van der Waals surface area contributed by atoms with Gasteiger partial charge in [0.1, 0.15) is 0 Å². The Kier molecular flexibility index (Phi) is 4.08. The Morgan fingerprint density at radius 3 is 2.75 bits per heavy atom. The molecule has 0 radical (unpaired) electrons. The fourth-order valence-electron chi connectivity index (χ4n) is 2.03. The number of anilines is 2. The van der Waals surface area contributed by atoms with Crippen LogP contribution < -0.4 is 10.6 Å². The Balaban J connectivity index is 2.15. The number of aromatic nitrogens is 2. The monoisotopic (exact) mass is 272 g/mol. The van der Waals surface area contributed by atoms with Gasteiger partial charge < -0.3 is 10.6 Å². The van der Waals surface area contributed by atoms with Crippen molar-refractivity contribution in [1.29, 1.82) is 0 Å². The summed E-state index contributed by atoms with van der Waals surface area (Å²) in [6.45, 7) is 5.56. The molecule has 1 unspecified atom stereocenters. The predicted octanol–water partition coefficient (Wildman–Crippen LogP) is 2.86. The van der Waals surface area contributed by atoms with E-state index in [1.54, 1.807) is 4.68 Å². The van der Waals surface area contributed by atoms with E-state index in [4.69, 9.17) is 0 Å². The molecule has 0 aliphatic heterocycles. The molecule has 106 valence electrons. The van der Waals surface area contributed by atoms with Crippen LogP contribution in [0.25, 0.3) is 0 Å². The second-order valence-corrected chi connectivity index (χ2v) is 5.02. The Labute approximate surface area is 119 Å². The molecule has 0 aliphatic carbocycles. The first kappa shape index (κ1) is 14.1. The van der Waals surface area contributed by atoms with E-state index in [0.717, 1.165) is 22.5 Å². The van der Waals surface area contributed by atoms with Gasteiger partial charge in [0.25, 0.3) is 0 Å². The standard InChI is InChI=1S/C15H20N4O/c1-10-5-6-14(7-15(10)18-12(3)20)17-11(2)13-8-16-19(4)9-13/h5-9,11,17H,1-4H3,(H,18,20). The van der Waals surface area contributed by atoms with Crippen LogP contribution in [0.1, 0.15) is 31.0 Å². The minimum Gasteiger partial charge on any atom is -0.378 e. The largest absolute Gasteiger partial charge is 0.378 e. The van der Waals surface area contributed by atoms with Gasteiger partial charge in [0.15, 0.2) is 0 Å². The van der Waals surface area contributed by atoms with Gasteiger partial charge >= 0.3 is 0 Å². The summed E-state index contributed by atoms with van der Waals surface area (Å²) in [7, 11) is 1.90. The van der Waals surface area contributed by atoms with Crippen molar-refractivity contribution >= 4 is 17.3 Å². The quantitative estimate of drug-likeness (QED) is 0.899. The summed E-state index contributed by atoms with van der Waals surface area (Å²) in [5.74, 6) is -0.0643. The van der Waals surface area contributed by atoms with Crippen molar-refractivity contribution in [2.75, 3.05) is 10.6 Å². The molecule has 0 spiro atoms. The van der Waals surface area contributed by atoms with Crippen molar-refractivity contribution in [3.63, 3.8) is 0 Å². The Morgan fingerprint density at radius 1 is 1.40 bits per heavy atom. The lowest BCUT2D eigenvalue weighted by molar-refractivity contribution is -0.114. The number of amides is 1. The van der Waals surface area contributed by atoms with E-state index in [0.29, 0.717) is 0 Å². The molecular weight excluding hydrogens is 252 g/mol. The number of hydrogen-bond acceptors (Lipinski definition) is 3. The van der Waals surface area contributed by atoms with Crippen LogP contribution >= 0.6 is 0 Å². The summed E-state index contributed by atoms with van der Waals surface area (Å²) in [5, 5.41) is 10.4. The maximum Gasteiger partial charge on any atom is 0.221 e. The maximum absolute atomic E-state index is 11.2. The third-order valence-corrected chi connectivity index (χ3v) is 3.16. The first-order valence-corrected chi connectivity index (χ1v) is 6.59. The van der Waals surface area contributed by atoms with Gasteiger partial charge in [-0.15, -0.1) is 0 Å². The molecule has 20 heavy (non-hydrogen) atoms. The molecule has 1 aromatic carbocycles. The molecule has 5 heteroatoms. The summed E-state index contributed by atoms with van der Waals surface area (Å²) in [5.41, 5.74) is 3.96. The topological polar surface area (TPSA) is 59.0 Å². The lowest BCUT2D eigenvalue weighted by atomic mass is 10.1. The van der Waals surface area contributed by atoms with Gasteiger partial charge in [-0.1, -0.05) is 6.07 Å². The van der Waals surface area contributed by atoms with Gasteiger partial charge in [-0.3, -0.25) is 9.48 Å². The molecule has 2 rings (SSSR count). The number of benzene rings is 1. The molecule has 5 nitrogen and oxygen atoms in total. The lowest BCUT2D eigenvalue weighted by Gasteiger charge is -2.16. The van der Waals surface area contributed by atoms with Crippen LogP contribution in [0.15, 0.2) is 30.6 Å². The van der Waals surface area contributed by atoms with Crippen molar-refractivity contribution in [2.24, 2.45) is 7.05 Å². The zero-order valence-corrected chi connectivity index (χ0v) is 12.3. The van der Waals surface area contributed by atoms with E-state index in [1.807, 2.05) is 44.6 Å². The molecule has 2 aromatic rings. The zero-order chi connectivity index (χ0) is 14.7. The SMILES string of the molecule is CC(=O)Nc1cc(NC(C)c2cnn(C)c2)ccc1C. The van der Waals surface area contributed by atoms with Gasteiger partial charge in [0.2, 0.25) is 5.91 Å². The molecule has 1 amide bonds. The third kappa shape index (κ3) is 3.38. The van der Waals surface area contributed by atoms with Crippen molar-refractivity contribution in [3.05, 3.63) is 41.7 Å². The van der Waals surface area contributed by atoms with Crippen LogP contribution in [0.2, 0.25) is 0 Å². The van der Waals surface area contributed by atoms with E-state index in [1.165, 1.54) is 6.92 Å². The Hall–Kier alpha value is -2.30. The third-order valence-electron chi connectivity index (χ3n) is 3.16. The normalized spacial score (nSPS) is 12.0. The summed E-state index contributed by atoms with van der Waals surface area (Å²) >= 11 is 0. The molecule has 0 saturated heterocycles. The van der Waals surface area contributed by atoms with Crippen LogP contribution in [-0.2, 0) is 11.8 Å². The number of carbonyl (C=O) groups is 1. The van der Waals surface area contributed by atoms with Crippen molar-refractivity contribution < 1.29 is 4.79 Å². The number of nitrogens with zero attached hydrogens (tertiary/aromatic N) is 2. The van der Waals surface area contributed by atoms with Crippen LogP contribution in [0.5, 0.6) is 0 Å². The van der Waals surface area contributed by atoms with Crippen molar-refractivity contribution in [2.45, 2.75) is 26.8 Å². The van der Waals surface area contributed by atoms with E-state index in [-0.39, 0.29) is 11.9 Å². The van der Waals surface area contributed by atoms with Gasteiger partial charge in [0, 0.05) is 37.1 Å². The number of rotatable bonds is 4. The molecule has 0 saturated carbocycles. The summed E-state index contributed by atoms with van der Waals surface area (Å²) < 4.78 is 1.78. The lowest BCUT2D eigenvalue weighted by Crippen LogP contribution is -2.09. The average Bonchev–Trinajstić information content (AvgIpc) is 2.79. The first-order chi connectivity index (χ1) is 9.45. The summed E-state index contributed by atoms with van der Waals surface area (Å²) in [6.07, 6.45) is 3.83. The highest BCUT2D eigenvalue weighted by atomic mass is 16.1. The summed E-state index contributed by atoms with van der Waals surface area (Å²) in [6, 6.07) is 6.09. The summed E-state index contributed by atoms with van der Waals surface area (Å²) in [4.78, 5) is 11.2. The molecule has 1 atom stereocenters. The average molecular weight is 272 g/mol. The molecule has 0 fully saturated rings. The fraction of sp³-hybridized carbons (Fsp3) is 0.333. The van der Waals surface area contributed by atoms with E-state index < -0.39 is 0 Å². The van der Waals surface area contributed by atoms with Gasteiger partial charge in [0.05, 0.1) is 12.2 Å². The van der Waals surface area contributed by atoms with Crippen molar-refractivity contribution in [3.8, 4) is 0 Å². The van der Waals surface area contributed by atoms with Crippen LogP contribution in [0.3, 0.4) is 0 Å². The second kappa shape index (κ2) is 5.77. The highest BCUT2D eigenvalue weighted by Crippen LogP contribution is 2.24. The maximum atomic E-state index is 11.2. The number of carbonyl (C=O) groups excluding carboxylic acids is 1. The molecule has 1 aromatic heterocycles. The van der Waals surface area contributed by atoms with Crippen LogP contribution in [-0.4, -0.2) is 15.7 Å². The van der Waals surface area contributed by atoms with E-state index >= 15 is 0 Å². The molecule has 0 aliphatic rings. The van der Waals surface area contributed by atoms with Crippen LogP contribution in [0.4, 0.5) is 11.4 Å². The van der Waals surface area contributed by atoms with Crippen molar-refractivity contribution in [1.82, 2.24) is 9.78 Å². The number of nitrogens with one attached hydrogen (secondary N) is 2. The fourth-order valence-corrected chi connectivity index (χ4v) is 2.03. The minimum absolute atomic E-state index is 0.0643. The zero-order valence-electron chi connectivity index (χ0n) is 12.3. The van der Waals surface area contributed by atoms with E-state index in [9.17, 15) is 4.79 Å². The second-order valence-electron chi connectivity index (χ2n) is 5.02. The van der Waals surface area contributed by atoms with E-state index in [2.05, 4.69) is 22.7 Å². The molecule has 2 N–H and O–H groups in total. The van der Waals surface area contributed by atoms with Gasteiger partial charge in [-0.05, 0) is 31.5 Å². The minimum atomic E-state index is -0.0643. The molecule has 0 bridgehead atoms. The molecule has 1 heterocycles. The predicted molar refractivity (Wildman–Crippen MR) is 80.7 cm³/mol. The highest BCUT2D eigenvalue weighted by molar-refractivity contribution is 5.90. The molecular formula is C15H20N4O. The van der Waals surface area contributed by atoms with Crippen LogP contribution in [0, 0.1) is 6.92 Å². The first-order valence-electron chi connectivity index (χ1n) is 6.59. The number of aryl methyl sites for hydroxylation is 2. The van der Waals surface area contributed by atoms with Gasteiger partial charge in [-0.2, -0.15) is 5.10 Å². The smallest absolute Gasteiger partial charge is 0.221 e. The Bertz CT molecular complexity index is 618.